The van der Waals surface area contributed by atoms with Crippen LogP contribution in [0.5, 0.6) is 0 Å². The molecule has 0 aliphatic carbocycles. The topological polar surface area (TPSA) is 186 Å². The lowest BCUT2D eigenvalue weighted by Crippen LogP contribution is -2.25. The van der Waals surface area contributed by atoms with E-state index in [1.54, 1.807) is 0 Å². The summed E-state index contributed by atoms with van der Waals surface area (Å²) >= 11 is 0. The molecule has 1 atom stereocenters. The first kappa shape index (κ1) is 28.3. The van der Waals surface area contributed by atoms with Crippen molar-refractivity contribution in [1.29, 1.82) is 0 Å². The molecule has 0 saturated carbocycles. The molecule has 0 spiro atoms. The molecule has 1 aromatic heterocycles. The highest BCUT2D eigenvalue weighted by molar-refractivity contribution is 7.88. The number of rotatable bonds is 11. The summed E-state index contributed by atoms with van der Waals surface area (Å²) in [5.74, 6) is 1.40. The van der Waals surface area contributed by atoms with Crippen LogP contribution in [-0.4, -0.2) is 77.8 Å². The van der Waals surface area contributed by atoms with Crippen LogP contribution in [0.2, 0.25) is 0 Å². The minimum absolute atomic E-state index is 0.0172. The van der Waals surface area contributed by atoms with Gasteiger partial charge in [-0.2, -0.15) is 26.8 Å². The zero-order valence-corrected chi connectivity index (χ0v) is 22.5. The van der Waals surface area contributed by atoms with Crippen LogP contribution >= 0.6 is 0 Å². The van der Waals surface area contributed by atoms with Gasteiger partial charge in [0, 0.05) is 32.5 Å². The molecule has 1 aromatic carbocycles. The molecular weight excluding hydrogens is 534 g/mol. The summed E-state index contributed by atoms with van der Waals surface area (Å²) in [7, 11) is -11.2. The molecule has 200 valence electrons. The van der Waals surface area contributed by atoms with Gasteiger partial charge in [-0.05, 0) is 42.5 Å². The fourth-order valence-electron chi connectivity index (χ4n) is 3.77. The largest absolute Gasteiger partial charge is 0.340 e. The predicted molar refractivity (Wildman–Crippen MR) is 130 cm³/mol. The van der Waals surface area contributed by atoms with Crippen LogP contribution in [-0.2, 0) is 47.3 Å². The Kier molecular flexibility index (Phi) is 8.67. The van der Waals surface area contributed by atoms with Crippen molar-refractivity contribution >= 4 is 36.2 Å². The zero-order valence-electron chi connectivity index (χ0n) is 20.1. The second-order valence-corrected chi connectivity index (χ2v) is 13.6. The standard InChI is InChI=1S/C20H29N5O8S3/c1-14-8-10-25(13-14)20-23-18(5-4-9-21-34(3,26)27)22-19(24-20)12-15-11-16(35(28,29)30)6-7-17(15)36(31,32)33-2/h6-7,11,14,21H,4-5,8-10,12-13H2,1-3H3,(H,28,29,30). The van der Waals surface area contributed by atoms with Crippen molar-refractivity contribution in [1.82, 2.24) is 19.7 Å². The third-order valence-corrected chi connectivity index (χ3v) is 8.49. The average molecular weight is 564 g/mol. The van der Waals surface area contributed by atoms with Gasteiger partial charge in [-0.25, -0.2) is 18.1 Å². The number of sulfonamides is 1. The molecule has 1 aliphatic heterocycles. The van der Waals surface area contributed by atoms with Crippen molar-refractivity contribution in [2.24, 2.45) is 5.92 Å². The molecule has 1 unspecified atom stereocenters. The number of hydrogen-bond acceptors (Lipinski definition) is 11. The van der Waals surface area contributed by atoms with Crippen molar-refractivity contribution in [3.8, 4) is 0 Å². The van der Waals surface area contributed by atoms with Gasteiger partial charge in [-0.1, -0.05) is 6.92 Å². The van der Waals surface area contributed by atoms with E-state index < -0.39 is 35.2 Å². The molecule has 13 nitrogen and oxygen atoms in total. The van der Waals surface area contributed by atoms with Gasteiger partial charge in [0.15, 0.2) is 0 Å². The van der Waals surface area contributed by atoms with E-state index in [0.717, 1.165) is 51.1 Å². The number of aromatic nitrogens is 3. The van der Waals surface area contributed by atoms with Gasteiger partial charge >= 0.3 is 0 Å². The number of anilines is 1. The minimum Gasteiger partial charge on any atom is -0.340 e. The van der Waals surface area contributed by atoms with Crippen LogP contribution in [0.15, 0.2) is 28.0 Å². The maximum absolute atomic E-state index is 12.5. The second-order valence-electron chi connectivity index (χ2n) is 8.62. The molecule has 1 aliphatic rings. The van der Waals surface area contributed by atoms with Gasteiger partial charge in [0.1, 0.15) is 11.6 Å². The Morgan fingerprint density at radius 3 is 2.39 bits per heavy atom. The minimum atomic E-state index is -4.60. The summed E-state index contributed by atoms with van der Waals surface area (Å²) in [4.78, 5) is 14.6. The molecule has 2 aromatic rings. The van der Waals surface area contributed by atoms with Gasteiger partial charge in [-0.3, -0.25) is 8.74 Å². The van der Waals surface area contributed by atoms with Crippen molar-refractivity contribution in [3.05, 3.63) is 35.4 Å². The van der Waals surface area contributed by atoms with Gasteiger partial charge in [0.2, 0.25) is 16.0 Å². The molecule has 0 amide bonds. The lowest BCUT2D eigenvalue weighted by atomic mass is 10.1. The number of nitrogens with zero attached hydrogens (tertiary/aromatic N) is 4. The quantitative estimate of drug-likeness (QED) is 0.218. The second kappa shape index (κ2) is 11.0. The number of hydrogen-bond donors (Lipinski definition) is 2. The normalized spacial score (nSPS) is 17.0. The number of nitrogens with one attached hydrogen (secondary N) is 1. The lowest BCUT2D eigenvalue weighted by Gasteiger charge is -2.18. The highest BCUT2D eigenvalue weighted by atomic mass is 32.2. The molecule has 1 fully saturated rings. The highest BCUT2D eigenvalue weighted by Gasteiger charge is 2.25. The Hall–Kier alpha value is -2.24. The Bertz CT molecular complexity index is 1430. The summed E-state index contributed by atoms with van der Waals surface area (Å²) in [6.07, 6.45) is 2.56. The van der Waals surface area contributed by atoms with E-state index in [0.29, 0.717) is 30.5 Å². The Morgan fingerprint density at radius 1 is 1.11 bits per heavy atom. The Morgan fingerprint density at radius 2 is 1.81 bits per heavy atom. The first-order valence-corrected chi connectivity index (χ1v) is 15.8. The Labute approximate surface area is 211 Å². The Balaban J connectivity index is 2.00. The van der Waals surface area contributed by atoms with Crippen LogP contribution in [0, 0.1) is 5.92 Å². The fraction of sp³-hybridized carbons (Fsp3) is 0.550. The van der Waals surface area contributed by atoms with Gasteiger partial charge < -0.3 is 4.90 Å². The van der Waals surface area contributed by atoms with E-state index in [1.807, 2.05) is 4.90 Å². The number of benzene rings is 1. The maximum Gasteiger partial charge on any atom is 0.296 e. The smallest absolute Gasteiger partial charge is 0.296 e. The SMILES string of the molecule is COS(=O)(=O)c1ccc(S(=O)(=O)O)cc1Cc1nc(CCCNS(C)(=O)=O)nc(N2CCC(C)C2)n1. The van der Waals surface area contributed by atoms with E-state index in [1.165, 1.54) is 0 Å². The van der Waals surface area contributed by atoms with E-state index in [9.17, 15) is 29.8 Å². The molecule has 2 heterocycles. The molecule has 0 bridgehead atoms. The van der Waals surface area contributed by atoms with Crippen LogP contribution in [0.3, 0.4) is 0 Å². The van der Waals surface area contributed by atoms with Crippen LogP contribution in [0.4, 0.5) is 5.95 Å². The van der Waals surface area contributed by atoms with Crippen LogP contribution in [0.1, 0.15) is 37.0 Å². The lowest BCUT2D eigenvalue weighted by molar-refractivity contribution is 0.397. The summed E-state index contributed by atoms with van der Waals surface area (Å²) in [5.41, 5.74) is 0.0172. The average Bonchev–Trinajstić information content (AvgIpc) is 3.21. The first-order chi connectivity index (χ1) is 16.7. The molecule has 3 rings (SSSR count). The molecule has 2 N–H and O–H groups in total. The monoisotopic (exact) mass is 563 g/mol. The third-order valence-electron chi connectivity index (χ3n) is 5.53. The fourth-order valence-corrected chi connectivity index (χ4v) is 5.68. The highest BCUT2D eigenvalue weighted by Crippen LogP contribution is 2.25. The van der Waals surface area contributed by atoms with E-state index >= 15 is 0 Å². The zero-order chi connectivity index (χ0) is 26.7. The first-order valence-electron chi connectivity index (χ1n) is 11.0. The molecule has 0 radical (unpaired) electrons. The van der Waals surface area contributed by atoms with E-state index in [2.05, 4.69) is 30.8 Å². The summed E-state index contributed by atoms with van der Waals surface area (Å²) in [6, 6.07) is 3.05. The van der Waals surface area contributed by atoms with Gasteiger partial charge in [-0.15, -0.1) is 0 Å². The van der Waals surface area contributed by atoms with Crippen molar-refractivity contribution < 1.29 is 34.0 Å². The van der Waals surface area contributed by atoms with Crippen LogP contribution < -0.4 is 9.62 Å². The molecule has 16 heteroatoms. The third kappa shape index (κ3) is 7.63. The van der Waals surface area contributed by atoms with Gasteiger partial charge in [0.25, 0.3) is 20.2 Å². The van der Waals surface area contributed by atoms with Crippen LogP contribution in [0.25, 0.3) is 0 Å². The van der Waals surface area contributed by atoms with Crippen molar-refractivity contribution in [2.75, 3.05) is 37.9 Å². The van der Waals surface area contributed by atoms with E-state index in [-0.39, 0.29) is 29.2 Å². The maximum atomic E-state index is 12.5. The van der Waals surface area contributed by atoms with Crippen molar-refractivity contribution in [2.45, 2.75) is 42.4 Å². The predicted octanol–water partition coefficient (Wildman–Crippen LogP) is 0.372. The summed E-state index contributed by atoms with van der Waals surface area (Å²) in [5, 5.41) is 0. The molecule has 36 heavy (non-hydrogen) atoms. The summed E-state index contributed by atoms with van der Waals surface area (Å²) < 4.78 is 87.4. The van der Waals surface area contributed by atoms with Gasteiger partial charge in [0.05, 0.1) is 23.2 Å². The summed E-state index contributed by atoms with van der Waals surface area (Å²) in [6.45, 7) is 3.73. The molecular formula is C20H29N5O8S3. The number of aryl methyl sites for hydroxylation is 1. The molecule has 1 saturated heterocycles. The van der Waals surface area contributed by atoms with E-state index in [4.69, 9.17) is 0 Å². The van der Waals surface area contributed by atoms with Crippen molar-refractivity contribution in [3.63, 3.8) is 0 Å².